The number of para-hydroxylation sites is 1. The maximum Gasteiger partial charge on any atom is 0.257 e. The molecule has 3 aromatic rings. The van der Waals surface area contributed by atoms with Gasteiger partial charge in [0, 0.05) is 39.1 Å². The Kier molecular flexibility index (Phi) is 5.91. The molecule has 0 radical (unpaired) electrons. The first-order chi connectivity index (χ1) is 14.2. The monoisotopic (exact) mass is 390 g/mol. The van der Waals surface area contributed by atoms with Crippen LogP contribution in [0, 0.1) is 0 Å². The van der Waals surface area contributed by atoms with Crippen LogP contribution in [-0.2, 0) is 19.6 Å². The SMILES string of the molecule is CN1Cc2cccc(c2)CN(Cc2ncc[nH]2)CCCOc2ccccc2C1=O. The molecule has 29 heavy (non-hydrogen) atoms. The van der Waals surface area contributed by atoms with Gasteiger partial charge in [-0.1, -0.05) is 36.4 Å². The first kappa shape index (κ1) is 19.2. The van der Waals surface area contributed by atoms with Crippen LogP contribution in [0.15, 0.2) is 60.9 Å². The van der Waals surface area contributed by atoms with Gasteiger partial charge in [0.1, 0.15) is 11.6 Å². The van der Waals surface area contributed by atoms with Gasteiger partial charge < -0.3 is 14.6 Å². The topological polar surface area (TPSA) is 61.5 Å². The average molecular weight is 390 g/mol. The van der Waals surface area contributed by atoms with E-state index in [2.05, 4.69) is 39.1 Å². The lowest BCUT2D eigenvalue weighted by Gasteiger charge is -2.24. The predicted octanol–water partition coefficient (Wildman–Crippen LogP) is 3.47. The van der Waals surface area contributed by atoms with E-state index in [0.717, 1.165) is 37.4 Å². The molecule has 1 amide bonds. The maximum atomic E-state index is 13.0. The third-order valence-corrected chi connectivity index (χ3v) is 5.09. The molecular weight excluding hydrogens is 364 g/mol. The molecule has 2 bridgehead atoms. The Morgan fingerprint density at radius 3 is 2.76 bits per heavy atom. The second-order valence-electron chi connectivity index (χ2n) is 7.43. The van der Waals surface area contributed by atoms with E-state index in [9.17, 15) is 4.79 Å². The van der Waals surface area contributed by atoms with Crippen molar-refractivity contribution < 1.29 is 9.53 Å². The predicted molar refractivity (Wildman–Crippen MR) is 111 cm³/mol. The van der Waals surface area contributed by atoms with Gasteiger partial charge in [-0.05, 0) is 29.7 Å². The number of aromatic nitrogens is 2. The van der Waals surface area contributed by atoms with Crippen molar-refractivity contribution >= 4 is 5.91 Å². The lowest BCUT2D eigenvalue weighted by Crippen LogP contribution is -2.28. The van der Waals surface area contributed by atoms with Crippen LogP contribution in [0.5, 0.6) is 5.75 Å². The number of aromatic amines is 1. The summed E-state index contributed by atoms with van der Waals surface area (Å²) in [5.41, 5.74) is 2.95. The summed E-state index contributed by atoms with van der Waals surface area (Å²) in [5.74, 6) is 1.58. The van der Waals surface area contributed by atoms with Crippen molar-refractivity contribution in [3.05, 3.63) is 83.4 Å². The number of fused-ring (bicyclic) bond motifs is 3. The Labute approximate surface area is 171 Å². The number of H-pyrrole nitrogens is 1. The fourth-order valence-electron chi connectivity index (χ4n) is 3.69. The average Bonchev–Trinajstić information content (AvgIpc) is 3.23. The highest BCUT2D eigenvalue weighted by Gasteiger charge is 2.18. The highest BCUT2D eigenvalue weighted by Crippen LogP contribution is 2.21. The highest BCUT2D eigenvalue weighted by molar-refractivity contribution is 5.96. The third-order valence-electron chi connectivity index (χ3n) is 5.09. The molecular formula is C23H26N4O2. The molecule has 0 atom stereocenters. The zero-order valence-corrected chi connectivity index (χ0v) is 16.7. The summed E-state index contributed by atoms with van der Waals surface area (Å²) < 4.78 is 5.99. The molecule has 1 aliphatic heterocycles. The third kappa shape index (κ3) is 4.84. The van der Waals surface area contributed by atoms with Crippen LogP contribution in [0.25, 0.3) is 0 Å². The Morgan fingerprint density at radius 1 is 1.10 bits per heavy atom. The maximum absolute atomic E-state index is 13.0. The standard InChI is InChI=1S/C23H26N4O2/c1-26-15-18-6-4-7-19(14-18)16-27(17-22-24-10-11-25-22)12-5-13-29-21-9-3-2-8-20(21)23(26)28/h2-4,6-11,14H,5,12-13,15-17H2,1H3,(H,24,25). The Bertz CT molecular complexity index is 955. The summed E-state index contributed by atoms with van der Waals surface area (Å²) in [6.07, 6.45) is 4.50. The lowest BCUT2D eigenvalue weighted by molar-refractivity contribution is 0.0780. The number of amides is 1. The van der Waals surface area contributed by atoms with E-state index in [1.807, 2.05) is 37.5 Å². The van der Waals surface area contributed by atoms with Gasteiger partial charge in [-0.2, -0.15) is 0 Å². The van der Waals surface area contributed by atoms with Crippen LogP contribution < -0.4 is 4.74 Å². The van der Waals surface area contributed by atoms with Gasteiger partial charge >= 0.3 is 0 Å². The minimum Gasteiger partial charge on any atom is -0.493 e. The van der Waals surface area contributed by atoms with Crippen molar-refractivity contribution in [3.63, 3.8) is 0 Å². The first-order valence-corrected chi connectivity index (χ1v) is 9.95. The molecule has 150 valence electrons. The van der Waals surface area contributed by atoms with Gasteiger partial charge in [-0.3, -0.25) is 9.69 Å². The van der Waals surface area contributed by atoms with Crippen LogP contribution in [0.1, 0.15) is 33.7 Å². The molecule has 1 aromatic heterocycles. The summed E-state index contributed by atoms with van der Waals surface area (Å²) in [4.78, 5) is 24.6. The van der Waals surface area contributed by atoms with Crippen molar-refractivity contribution in [1.29, 1.82) is 0 Å². The van der Waals surface area contributed by atoms with Crippen LogP contribution in [0.4, 0.5) is 0 Å². The molecule has 0 fully saturated rings. The van der Waals surface area contributed by atoms with Crippen molar-refractivity contribution in [2.75, 3.05) is 20.2 Å². The molecule has 2 heterocycles. The molecule has 0 spiro atoms. The van der Waals surface area contributed by atoms with Gasteiger partial charge in [0.05, 0.1) is 18.7 Å². The molecule has 0 unspecified atom stereocenters. The number of carbonyl (C=O) groups is 1. The Balaban J connectivity index is 1.61. The number of nitrogens with zero attached hydrogens (tertiary/aromatic N) is 3. The van der Waals surface area contributed by atoms with E-state index in [4.69, 9.17) is 4.74 Å². The van der Waals surface area contributed by atoms with Crippen LogP contribution in [0.3, 0.4) is 0 Å². The number of imidazole rings is 1. The minimum atomic E-state index is -0.0255. The van der Waals surface area contributed by atoms with E-state index in [0.29, 0.717) is 24.5 Å². The number of carbonyl (C=O) groups excluding carboxylic acids is 1. The second kappa shape index (κ2) is 8.92. The van der Waals surface area contributed by atoms with E-state index < -0.39 is 0 Å². The number of benzene rings is 2. The number of hydrogen-bond acceptors (Lipinski definition) is 4. The minimum absolute atomic E-state index is 0.0255. The largest absolute Gasteiger partial charge is 0.493 e. The van der Waals surface area contributed by atoms with Gasteiger partial charge in [0.25, 0.3) is 5.91 Å². The van der Waals surface area contributed by atoms with Gasteiger partial charge in [-0.25, -0.2) is 4.98 Å². The first-order valence-electron chi connectivity index (χ1n) is 9.95. The molecule has 2 aromatic carbocycles. The van der Waals surface area contributed by atoms with Crippen LogP contribution >= 0.6 is 0 Å². The Hall–Kier alpha value is -3.12. The molecule has 6 heteroatoms. The quantitative estimate of drug-likeness (QED) is 0.728. The summed E-state index contributed by atoms with van der Waals surface area (Å²) in [6.45, 7) is 3.57. The second-order valence-corrected chi connectivity index (χ2v) is 7.43. The zero-order valence-electron chi connectivity index (χ0n) is 16.7. The summed E-state index contributed by atoms with van der Waals surface area (Å²) in [7, 11) is 1.83. The van der Waals surface area contributed by atoms with Crippen molar-refractivity contribution in [1.82, 2.24) is 19.8 Å². The van der Waals surface area contributed by atoms with Gasteiger partial charge in [0.2, 0.25) is 0 Å². The van der Waals surface area contributed by atoms with E-state index in [1.165, 1.54) is 5.56 Å². The number of hydrogen-bond donors (Lipinski definition) is 1. The smallest absolute Gasteiger partial charge is 0.257 e. The summed E-state index contributed by atoms with van der Waals surface area (Å²) in [6, 6.07) is 15.9. The highest BCUT2D eigenvalue weighted by atomic mass is 16.5. The molecule has 0 aliphatic carbocycles. The fourth-order valence-corrected chi connectivity index (χ4v) is 3.69. The molecule has 0 saturated heterocycles. The van der Waals surface area contributed by atoms with Gasteiger partial charge in [-0.15, -0.1) is 0 Å². The van der Waals surface area contributed by atoms with Crippen molar-refractivity contribution in [3.8, 4) is 5.75 Å². The van der Waals surface area contributed by atoms with Crippen LogP contribution in [0.2, 0.25) is 0 Å². The van der Waals surface area contributed by atoms with E-state index >= 15 is 0 Å². The summed E-state index contributed by atoms with van der Waals surface area (Å²) >= 11 is 0. The number of ether oxygens (including phenoxy) is 1. The zero-order chi connectivity index (χ0) is 20.1. The molecule has 1 aliphatic rings. The van der Waals surface area contributed by atoms with Crippen molar-refractivity contribution in [2.45, 2.75) is 26.1 Å². The van der Waals surface area contributed by atoms with Crippen LogP contribution in [-0.4, -0.2) is 45.9 Å². The molecule has 4 rings (SSSR count). The molecule has 0 saturated carbocycles. The van der Waals surface area contributed by atoms with Gasteiger partial charge in [0.15, 0.2) is 0 Å². The Morgan fingerprint density at radius 2 is 1.93 bits per heavy atom. The summed E-state index contributed by atoms with van der Waals surface area (Å²) in [5, 5.41) is 0. The van der Waals surface area contributed by atoms with Crippen molar-refractivity contribution in [2.24, 2.45) is 0 Å². The fraction of sp³-hybridized carbons (Fsp3) is 0.304. The number of nitrogens with one attached hydrogen (secondary N) is 1. The normalized spacial score (nSPS) is 16.0. The number of rotatable bonds is 2. The van der Waals surface area contributed by atoms with E-state index in [-0.39, 0.29) is 5.91 Å². The van der Waals surface area contributed by atoms with E-state index in [1.54, 1.807) is 11.1 Å². The molecule has 1 N–H and O–H groups in total. The molecule has 6 nitrogen and oxygen atoms in total. The lowest BCUT2D eigenvalue weighted by atomic mass is 10.1.